The summed E-state index contributed by atoms with van der Waals surface area (Å²) in [6, 6.07) is 5.08. The normalized spacial score (nSPS) is 19.9. The van der Waals surface area contributed by atoms with Crippen molar-refractivity contribution in [3.05, 3.63) is 23.8 Å². The van der Waals surface area contributed by atoms with Crippen LogP contribution in [0.25, 0.3) is 0 Å². The lowest BCUT2D eigenvalue weighted by Gasteiger charge is -2.37. The summed E-state index contributed by atoms with van der Waals surface area (Å²) in [4.78, 5) is 0.310. The van der Waals surface area contributed by atoms with Crippen molar-refractivity contribution in [1.82, 2.24) is 4.31 Å². The summed E-state index contributed by atoms with van der Waals surface area (Å²) in [6.07, 6.45) is 2.79. The average Bonchev–Trinajstić information content (AvgIpc) is 2.37. The molecule has 1 aliphatic heterocycles. The van der Waals surface area contributed by atoms with Crippen molar-refractivity contribution in [3.8, 4) is 0 Å². The Balaban J connectivity index is 2.33. The van der Waals surface area contributed by atoms with Crippen LogP contribution in [0.5, 0.6) is 0 Å². The van der Waals surface area contributed by atoms with Crippen molar-refractivity contribution in [3.63, 3.8) is 0 Å². The first-order valence-corrected chi connectivity index (χ1v) is 8.59. The first kappa shape index (κ1) is 15.3. The molecule has 1 aliphatic rings. The van der Waals surface area contributed by atoms with Gasteiger partial charge in [0.15, 0.2) is 0 Å². The molecule has 0 radical (unpaired) electrons. The minimum absolute atomic E-state index is 0.0419. The second-order valence-corrected chi connectivity index (χ2v) is 8.26. The Morgan fingerprint density at radius 1 is 1.35 bits per heavy atom. The third-order valence-corrected chi connectivity index (χ3v) is 5.84. The first-order valence-electron chi connectivity index (χ1n) is 7.15. The second kappa shape index (κ2) is 5.37. The molecule has 1 saturated heterocycles. The predicted octanol–water partition coefficient (Wildman–Crippen LogP) is 2.64. The second-order valence-electron chi connectivity index (χ2n) is 6.32. The van der Waals surface area contributed by atoms with Crippen LogP contribution in [-0.4, -0.2) is 25.8 Å². The highest BCUT2D eigenvalue weighted by atomic mass is 32.2. The maximum absolute atomic E-state index is 12.7. The molecule has 5 heteroatoms. The number of anilines is 1. The molecule has 1 fully saturated rings. The predicted molar refractivity (Wildman–Crippen MR) is 82.0 cm³/mol. The molecule has 20 heavy (non-hydrogen) atoms. The summed E-state index contributed by atoms with van der Waals surface area (Å²) in [5, 5.41) is 0. The number of hydrogen-bond donors (Lipinski definition) is 1. The van der Waals surface area contributed by atoms with Crippen molar-refractivity contribution in [2.24, 2.45) is 5.41 Å². The SMILES string of the molecule is CCc1ccc(S(=O)(=O)N2CCCC(C)(C)C2)cc1N. The molecular weight excluding hydrogens is 272 g/mol. The molecule has 0 amide bonds. The molecule has 112 valence electrons. The van der Waals surface area contributed by atoms with E-state index in [1.165, 1.54) is 0 Å². The third-order valence-electron chi connectivity index (χ3n) is 4.00. The Morgan fingerprint density at radius 3 is 2.60 bits per heavy atom. The van der Waals surface area contributed by atoms with E-state index >= 15 is 0 Å². The zero-order chi connectivity index (χ0) is 15.0. The summed E-state index contributed by atoms with van der Waals surface area (Å²) in [5.41, 5.74) is 7.52. The van der Waals surface area contributed by atoms with E-state index in [9.17, 15) is 8.42 Å². The van der Waals surface area contributed by atoms with Gasteiger partial charge >= 0.3 is 0 Å². The standard InChI is InChI=1S/C15H24N2O2S/c1-4-12-6-7-13(10-14(12)16)20(18,19)17-9-5-8-15(2,3)11-17/h6-7,10H,4-5,8-9,11,16H2,1-3H3. The zero-order valence-electron chi connectivity index (χ0n) is 12.5. The van der Waals surface area contributed by atoms with Crippen LogP contribution >= 0.6 is 0 Å². The Labute approximate surface area is 122 Å². The van der Waals surface area contributed by atoms with Gasteiger partial charge in [-0.2, -0.15) is 4.31 Å². The van der Waals surface area contributed by atoms with Gasteiger partial charge in [0.25, 0.3) is 0 Å². The maximum atomic E-state index is 12.7. The summed E-state index contributed by atoms with van der Waals surface area (Å²) >= 11 is 0. The Morgan fingerprint density at radius 2 is 2.05 bits per heavy atom. The fourth-order valence-corrected chi connectivity index (χ4v) is 4.48. The molecule has 1 aromatic carbocycles. The van der Waals surface area contributed by atoms with Crippen LogP contribution < -0.4 is 5.73 Å². The lowest BCUT2D eigenvalue weighted by atomic mass is 9.85. The van der Waals surface area contributed by atoms with Gasteiger partial charge in [0.1, 0.15) is 0 Å². The van der Waals surface area contributed by atoms with Gasteiger partial charge in [-0.15, -0.1) is 0 Å². The average molecular weight is 296 g/mol. The molecular formula is C15H24N2O2S. The van der Waals surface area contributed by atoms with Crippen molar-refractivity contribution in [2.75, 3.05) is 18.8 Å². The van der Waals surface area contributed by atoms with E-state index < -0.39 is 10.0 Å². The van der Waals surface area contributed by atoms with E-state index in [-0.39, 0.29) is 5.41 Å². The maximum Gasteiger partial charge on any atom is 0.243 e. The lowest BCUT2D eigenvalue weighted by molar-refractivity contribution is 0.187. The van der Waals surface area contributed by atoms with Crippen LogP contribution in [0.2, 0.25) is 0 Å². The molecule has 0 bridgehead atoms. The van der Waals surface area contributed by atoms with Gasteiger partial charge in [0.05, 0.1) is 4.90 Å². The zero-order valence-corrected chi connectivity index (χ0v) is 13.3. The van der Waals surface area contributed by atoms with E-state index in [0.717, 1.165) is 24.8 Å². The number of aryl methyl sites for hydroxylation is 1. The van der Waals surface area contributed by atoms with Crippen LogP contribution in [0, 0.1) is 5.41 Å². The summed E-state index contributed by atoms with van der Waals surface area (Å²) < 4.78 is 27.0. The van der Waals surface area contributed by atoms with Gasteiger partial charge in [-0.1, -0.05) is 26.8 Å². The number of hydrogen-bond acceptors (Lipinski definition) is 3. The van der Waals surface area contributed by atoms with Gasteiger partial charge in [-0.25, -0.2) is 8.42 Å². The topological polar surface area (TPSA) is 63.4 Å². The monoisotopic (exact) mass is 296 g/mol. The van der Waals surface area contributed by atoms with Crippen LogP contribution in [0.3, 0.4) is 0 Å². The fraction of sp³-hybridized carbons (Fsp3) is 0.600. The van der Waals surface area contributed by atoms with Crippen LogP contribution in [-0.2, 0) is 16.4 Å². The summed E-state index contributed by atoms with van der Waals surface area (Å²) in [6.45, 7) is 7.41. The van der Waals surface area contributed by atoms with Crippen molar-refractivity contribution >= 4 is 15.7 Å². The fourth-order valence-electron chi connectivity index (χ4n) is 2.78. The highest BCUT2D eigenvalue weighted by Crippen LogP contribution is 2.32. The Bertz CT molecular complexity index is 594. The minimum Gasteiger partial charge on any atom is -0.398 e. The number of benzene rings is 1. The molecule has 0 atom stereocenters. The van der Waals surface area contributed by atoms with Gasteiger partial charge in [0.2, 0.25) is 10.0 Å². The molecule has 4 nitrogen and oxygen atoms in total. The van der Waals surface area contributed by atoms with Gasteiger partial charge in [-0.05, 0) is 42.4 Å². The molecule has 0 aromatic heterocycles. The summed E-state index contributed by atoms with van der Waals surface area (Å²) in [5.74, 6) is 0. The Hall–Kier alpha value is -1.07. The summed E-state index contributed by atoms with van der Waals surface area (Å²) in [7, 11) is -3.43. The van der Waals surface area contributed by atoms with E-state index in [1.54, 1.807) is 16.4 Å². The number of nitrogens with zero attached hydrogens (tertiary/aromatic N) is 1. The van der Waals surface area contributed by atoms with E-state index in [2.05, 4.69) is 13.8 Å². The van der Waals surface area contributed by atoms with Crippen molar-refractivity contribution < 1.29 is 8.42 Å². The molecule has 2 rings (SSSR count). The van der Waals surface area contributed by atoms with Crippen LogP contribution in [0.1, 0.15) is 39.2 Å². The number of nitrogen functional groups attached to an aromatic ring is 1. The van der Waals surface area contributed by atoms with Crippen molar-refractivity contribution in [2.45, 2.75) is 44.9 Å². The molecule has 1 heterocycles. The molecule has 1 aromatic rings. The highest BCUT2D eigenvalue weighted by Gasteiger charge is 2.34. The molecule has 0 unspecified atom stereocenters. The van der Waals surface area contributed by atoms with E-state index in [1.807, 2.05) is 13.0 Å². The smallest absolute Gasteiger partial charge is 0.243 e. The number of rotatable bonds is 3. The van der Waals surface area contributed by atoms with Crippen molar-refractivity contribution in [1.29, 1.82) is 0 Å². The quantitative estimate of drug-likeness (QED) is 0.872. The van der Waals surface area contributed by atoms with Crippen LogP contribution in [0.15, 0.2) is 23.1 Å². The molecule has 0 aliphatic carbocycles. The number of nitrogens with two attached hydrogens (primary N) is 1. The highest BCUT2D eigenvalue weighted by molar-refractivity contribution is 7.89. The van der Waals surface area contributed by atoms with Gasteiger partial charge < -0.3 is 5.73 Å². The minimum atomic E-state index is -3.43. The van der Waals surface area contributed by atoms with Crippen LogP contribution in [0.4, 0.5) is 5.69 Å². The number of sulfonamides is 1. The molecule has 2 N–H and O–H groups in total. The largest absolute Gasteiger partial charge is 0.398 e. The first-order chi connectivity index (χ1) is 9.26. The number of piperidine rings is 1. The van der Waals surface area contributed by atoms with E-state index in [0.29, 0.717) is 23.7 Å². The Kier molecular flexibility index (Phi) is 4.12. The molecule has 0 spiro atoms. The lowest BCUT2D eigenvalue weighted by Crippen LogP contribution is -2.43. The van der Waals surface area contributed by atoms with Gasteiger partial charge in [0, 0.05) is 18.8 Å². The van der Waals surface area contributed by atoms with E-state index in [4.69, 9.17) is 5.73 Å². The van der Waals surface area contributed by atoms with Gasteiger partial charge in [-0.3, -0.25) is 0 Å². The third kappa shape index (κ3) is 2.99. The molecule has 0 saturated carbocycles.